The lowest BCUT2D eigenvalue weighted by atomic mass is 9.98. The molecule has 0 aliphatic carbocycles. The molecule has 0 saturated carbocycles. The van der Waals surface area contributed by atoms with Gasteiger partial charge in [0.05, 0.1) is 6.10 Å². The maximum Gasteiger partial charge on any atom is 0.126 e. The van der Waals surface area contributed by atoms with Gasteiger partial charge in [-0.15, -0.1) is 0 Å². The molecule has 1 N–H and O–H groups in total. The van der Waals surface area contributed by atoms with Crippen LogP contribution in [0.2, 0.25) is 0 Å². The van der Waals surface area contributed by atoms with Gasteiger partial charge in [-0.3, -0.25) is 0 Å². The summed E-state index contributed by atoms with van der Waals surface area (Å²) in [5.41, 5.74) is 2.69. The maximum absolute atomic E-state index is 13.7. The van der Waals surface area contributed by atoms with Gasteiger partial charge in [0, 0.05) is 0 Å². The van der Waals surface area contributed by atoms with Crippen molar-refractivity contribution in [2.24, 2.45) is 0 Å². The largest absolute Gasteiger partial charge is 0.393 e. The van der Waals surface area contributed by atoms with Gasteiger partial charge < -0.3 is 5.11 Å². The van der Waals surface area contributed by atoms with Gasteiger partial charge in [0.2, 0.25) is 0 Å². The Labute approximate surface area is 97.3 Å². The van der Waals surface area contributed by atoms with Crippen molar-refractivity contribution in [1.82, 2.24) is 0 Å². The van der Waals surface area contributed by atoms with Crippen LogP contribution in [0.3, 0.4) is 0 Å². The molecule has 1 aromatic carbocycles. The molecule has 1 unspecified atom stereocenters. The topological polar surface area (TPSA) is 20.2 Å². The van der Waals surface area contributed by atoms with E-state index in [1.165, 1.54) is 0 Å². The van der Waals surface area contributed by atoms with E-state index in [-0.39, 0.29) is 11.9 Å². The first-order chi connectivity index (χ1) is 7.54. The minimum Gasteiger partial charge on any atom is -0.393 e. The summed E-state index contributed by atoms with van der Waals surface area (Å²) in [6.07, 6.45) is 2.74. The van der Waals surface area contributed by atoms with Crippen LogP contribution in [-0.4, -0.2) is 11.2 Å². The van der Waals surface area contributed by atoms with Crippen LogP contribution in [0, 0.1) is 19.7 Å². The summed E-state index contributed by atoms with van der Waals surface area (Å²) >= 11 is 0. The molecule has 0 radical (unpaired) electrons. The zero-order valence-corrected chi connectivity index (χ0v) is 10.4. The minimum absolute atomic E-state index is 0.138. The van der Waals surface area contributed by atoms with Crippen molar-refractivity contribution in [3.05, 3.63) is 34.6 Å². The van der Waals surface area contributed by atoms with Crippen LogP contribution in [0.5, 0.6) is 0 Å². The molecule has 1 rings (SSSR count). The highest BCUT2D eigenvalue weighted by Crippen LogP contribution is 2.18. The second-order valence-corrected chi connectivity index (χ2v) is 4.52. The van der Waals surface area contributed by atoms with E-state index in [2.05, 4.69) is 0 Å². The Hall–Kier alpha value is -0.890. The van der Waals surface area contributed by atoms with E-state index in [9.17, 15) is 9.50 Å². The highest BCUT2D eigenvalue weighted by atomic mass is 19.1. The normalized spacial score (nSPS) is 12.8. The van der Waals surface area contributed by atoms with Crippen LogP contribution < -0.4 is 0 Å². The van der Waals surface area contributed by atoms with Gasteiger partial charge in [0.1, 0.15) is 5.82 Å². The second-order valence-electron chi connectivity index (χ2n) is 4.52. The Morgan fingerprint density at radius 2 is 1.94 bits per heavy atom. The number of hydrogen-bond acceptors (Lipinski definition) is 1. The molecular formula is C14H21FO. The van der Waals surface area contributed by atoms with Crippen LogP contribution in [0.1, 0.15) is 42.9 Å². The molecule has 0 aliphatic rings. The summed E-state index contributed by atoms with van der Waals surface area (Å²) in [4.78, 5) is 0. The van der Waals surface area contributed by atoms with Crippen LogP contribution >= 0.6 is 0 Å². The van der Waals surface area contributed by atoms with Crippen molar-refractivity contribution >= 4 is 0 Å². The molecule has 1 aromatic rings. The van der Waals surface area contributed by atoms with Crippen molar-refractivity contribution < 1.29 is 9.50 Å². The average molecular weight is 224 g/mol. The van der Waals surface area contributed by atoms with Crippen molar-refractivity contribution in [2.45, 2.75) is 52.6 Å². The molecular weight excluding hydrogens is 203 g/mol. The number of aliphatic hydroxyl groups excluding tert-OH is 1. The third-order valence-electron chi connectivity index (χ3n) is 2.91. The minimum atomic E-state index is -0.301. The van der Waals surface area contributed by atoms with Crippen molar-refractivity contribution in [3.63, 3.8) is 0 Å². The molecule has 16 heavy (non-hydrogen) atoms. The van der Waals surface area contributed by atoms with Gasteiger partial charge in [-0.25, -0.2) is 4.39 Å². The van der Waals surface area contributed by atoms with E-state index >= 15 is 0 Å². The lowest BCUT2D eigenvalue weighted by molar-refractivity contribution is 0.153. The van der Waals surface area contributed by atoms with E-state index in [1.54, 1.807) is 6.07 Å². The predicted octanol–water partition coefficient (Wildman–Crippen LogP) is 3.54. The fourth-order valence-corrected chi connectivity index (χ4v) is 2.05. The first-order valence-electron chi connectivity index (χ1n) is 5.98. The quantitative estimate of drug-likeness (QED) is 0.811. The van der Waals surface area contributed by atoms with Gasteiger partial charge in [-0.05, 0) is 55.9 Å². The predicted molar refractivity (Wildman–Crippen MR) is 65.1 cm³/mol. The molecule has 0 saturated heterocycles. The summed E-state index contributed by atoms with van der Waals surface area (Å²) in [5.74, 6) is -0.138. The molecule has 90 valence electrons. The molecule has 1 atom stereocenters. The number of rotatable bonds is 5. The fraction of sp³-hybridized carbons (Fsp3) is 0.571. The Morgan fingerprint density at radius 3 is 2.50 bits per heavy atom. The lowest BCUT2D eigenvalue weighted by Gasteiger charge is -2.12. The first kappa shape index (κ1) is 13.2. The Balaban J connectivity index is 2.67. The molecule has 0 aliphatic heterocycles. The van der Waals surface area contributed by atoms with Crippen LogP contribution in [0.4, 0.5) is 4.39 Å². The summed E-state index contributed by atoms with van der Waals surface area (Å²) in [7, 11) is 0. The molecule has 0 aromatic heterocycles. The molecule has 0 amide bonds. The van der Waals surface area contributed by atoms with E-state index < -0.39 is 0 Å². The standard InChI is InChI=1S/C14H21FO/c1-4-5-12(16)6-7-13-11(3)8-10(2)9-14(13)15/h8-9,12,16H,4-7H2,1-3H3. The van der Waals surface area contributed by atoms with E-state index in [0.717, 1.165) is 29.5 Å². The van der Waals surface area contributed by atoms with Crippen molar-refractivity contribution in [3.8, 4) is 0 Å². The maximum atomic E-state index is 13.7. The van der Waals surface area contributed by atoms with E-state index in [4.69, 9.17) is 0 Å². The molecule has 2 heteroatoms. The second kappa shape index (κ2) is 6.00. The van der Waals surface area contributed by atoms with Crippen LogP contribution in [0.15, 0.2) is 12.1 Å². The van der Waals surface area contributed by atoms with E-state index in [0.29, 0.717) is 12.8 Å². The van der Waals surface area contributed by atoms with Crippen molar-refractivity contribution in [1.29, 1.82) is 0 Å². The third-order valence-corrected chi connectivity index (χ3v) is 2.91. The Bertz CT molecular complexity index is 324. The first-order valence-corrected chi connectivity index (χ1v) is 5.98. The zero-order chi connectivity index (χ0) is 12.1. The third kappa shape index (κ3) is 3.60. The smallest absolute Gasteiger partial charge is 0.126 e. The molecule has 1 nitrogen and oxygen atoms in total. The number of aryl methyl sites for hydroxylation is 2. The van der Waals surface area contributed by atoms with Crippen LogP contribution in [-0.2, 0) is 6.42 Å². The fourth-order valence-electron chi connectivity index (χ4n) is 2.05. The number of benzene rings is 1. The zero-order valence-electron chi connectivity index (χ0n) is 10.4. The van der Waals surface area contributed by atoms with Gasteiger partial charge in [0.15, 0.2) is 0 Å². The average Bonchev–Trinajstić information content (AvgIpc) is 2.16. The summed E-state index contributed by atoms with van der Waals surface area (Å²) in [5, 5.41) is 9.62. The molecule has 0 fully saturated rings. The number of halogens is 1. The SMILES string of the molecule is CCCC(O)CCc1c(C)cc(C)cc1F. The molecule has 0 spiro atoms. The number of aliphatic hydroxyl groups is 1. The highest BCUT2D eigenvalue weighted by molar-refractivity contribution is 5.32. The molecule has 0 heterocycles. The van der Waals surface area contributed by atoms with Gasteiger partial charge in [0.25, 0.3) is 0 Å². The number of hydrogen-bond donors (Lipinski definition) is 1. The lowest BCUT2D eigenvalue weighted by Crippen LogP contribution is -2.08. The summed E-state index contributed by atoms with van der Waals surface area (Å²) in [6, 6.07) is 3.55. The van der Waals surface area contributed by atoms with Gasteiger partial charge in [-0.2, -0.15) is 0 Å². The molecule has 0 bridgehead atoms. The Kier molecular flexibility index (Phi) is 4.94. The van der Waals surface area contributed by atoms with E-state index in [1.807, 2.05) is 26.8 Å². The van der Waals surface area contributed by atoms with Gasteiger partial charge >= 0.3 is 0 Å². The Morgan fingerprint density at radius 1 is 1.25 bits per heavy atom. The highest BCUT2D eigenvalue weighted by Gasteiger charge is 2.09. The van der Waals surface area contributed by atoms with Crippen molar-refractivity contribution in [2.75, 3.05) is 0 Å². The van der Waals surface area contributed by atoms with Gasteiger partial charge in [-0.1, -0.05) is 19.4 Å². The summed E-state index contributed by atoms with van der Waals surface area (Å²) in [6.45, 7) is 5.87. The summed E-state index contributed by atoms with van der Waals surface area (Å²) < 4.78 is 13.7. The monoisotopic (exact) mass is 224 g/mol. The van der Waals surface area contributed by atoms with Crippen LogP contribution in [0.25, 0.3) is 0 Å².